The van der Waals surface area contributed by atoms with Gasteiger partial charge in [0.25, 0.3) is 0 Å². The lowest BCUT2D eigenvalue weighted by Gasteiger charge is -2.08. The van der Waals surface area contributed by atoms with Crippen molar-refractivity contribution >= 4 is 28.6 Å². The van der Waals surface area contributed by atoms with Crippen molar-refractivity contribution in [3.63, 3.8) is 0 Å². The van der Waals surface area contributed by atoms with Crippen LogP contribution in [0.4, 0.5) is 13.2 Å². The second kappa shape index (κ2) is 5.45. The highest BCUT2D eigenvalue weighted by Gasteiger charge is 2.38. The van der Waals surface area contributed by atoms with Crippen molar-refractivity contribution in [3.8, 4) is 0 Å². The number of hydrogen-bond acceptors (Lipinski definition) is 5. The fourth-order valence-electron chi connectivity index (χ4n) is 2.28. The third-order valence-electron chi connectivity index (χ3n) is 3.27. The quantitative estimate of drug-likeness (QED) is 0.551. The predicted octanol–water partition coefficient (Wildman–Crippen LogP) is 3.84. The maximum atomic E-state index is 13.3. The van der Waals surface area contributed by atoms with Crippen molar-refractivity contribution in [2.45, 2.75) is 16.1 Å². The first-order valence-corrected chi connectivity index (χ1v) is 7.65. The minimum absolute atomic E-state index is 0.0300. The molecule has 9 heteroatoms. The lowest BCUT2D eigenvalue weighted by molar-refractivity contribution is -0.145. The van der Waals surface area contributed by atoms with Crippen LogP contribution in [0.25, 0.3) is 16.8 Å². The summed E-state index contributed by atoms with van der Waals surface area (Å²) in [4.78, 5) is 9.26. The number of fused-ring (bicyclic) bond motifs is 3. The van der Waals surface area contributed by atoms with E-state index in [2.05, 4.69) is 20.2 Å². The van der Waals surface area contributed by atoms with Gasteiger partial charge in [-0.1, -0.05) is 30.0 Å². The molecule has 0 N–H and O–H groups in total. The van der Waals surface area contributed by atoms with Gasteiger partial charge in [-0.15, -0.1) is 10.2 Å². The molecule has 0 aliphatic heterocycles. The molecule has 0 spiro atoms. The molecule has 4 rings (SSSR count). The highest BCUT2D eigenvalue weighted by Crippen LogP contribution is 2.34. The zero-order valence-electron chi connectivity index (χ0n) is 11.9. The van der Waals surface area contributed by atoms with Gasteiger partial charge in [-0.3, -0.25) is 4.40 Å². The largest absolute Gasteiger partial charge is 0.452 e. The van der Waals surface area contributed by atoms with E-state index in [-0.39, 0.29) is 11.3 Å². The summed E-state index contributed by atoms with van der Waals surface area (Å²) in [5.41, 5.74) is 0.443. The highest BCUT2D eigenvalue weighted by atomic mass is 32.2. The van der Waals surface area contributed by atoms with Crippen molar-refractivity contribution in [2.24, 2.45) is 0 Å². The third kappa shape index (κ3) is 2.46. The van der Waals surface area contributed by atoms with E-state index in [0.717, 1.165) is 9.30 Å². The Balaban J connectivity index is 2.02. The van der Waals surface area contributed by atoms with Crippen LogP contribution in [0.15, 0.2) is 58.6 Å². The van der Waals surface area contributed by atoms with Gasteiger partial charge in [-0.2, -0.15) is 13.2 Å². The van der Waals surface area contributed by atoms with E-state index in [1.807, 2.05) is 30.3 Å². The van der Waals surface area contributed by atoms with Crippen LogP contribution in [0.3, 0.4) is 0 Å². The number of halogens is 3. The standard InChI is InChI=1S/C15H8F3N5S/c16-15(17,18)14-22-21-12-13(24-9-5-2-1-3-6-9)20-10-7-4-8-19-11(10)23(12)14/h1-8H. The van der Waals surface area contributed by atoms with Crippen LogP contribution >= 0.6 is 11.8 Å². The second-order valence-corrected chi connectivity index (χ2v) is 5.92. The predicted molar refractivity (Wildman–Crippen MR) is 81.7 cm³/mol. The van der Waals surface area contributed by atoms with Crippen molar-refractivity contribution in [1.29, 1.82) is 0 Å². The first kappa shape index (κ1) is 14.9. The van der Waals surface area contributed by atoms with E-state index in [9.17, 15) is 13.2 Å². The van der Waals surface area contributed by atoms with Gasteiger partial charge in [0.2, 0.25) is 5.82 Å². The van der Waals surface area contributed by atoms with Crippen molar-refractivity contribution in [2.75, 3.05) is 0 Å². The van der Waals surface area contributed by atoms with Crippen LogP contribution in [0.2, 0.25) is 0 Å². The summed E-state index contributed by atoms with van der Waals surface area (Å²) in [6, 6.07) is 12.5. The van der Waals surface area contributed by atoms with Gasteiger partial charge in [0.05, 0.1) is 0 Å². The Morgan fingerprint density at radius 3 is 2.46 bits per heavy atom. The lowest BCUT2D eigenvalue weighted by Crippen LogP contribution is -2.12. The number of pyridine rings is 1. The van der Waals surface area contributed by atoms with Gasteiger partial charge in [0.1, 0.15) is 10.5 Å². The van der Waals surface area contributed by atoms with Gasteiger partial charge in [0, 0.05) is 11.1 Å². The summed E-state index contributed by atoms with van der Waals surface area (Å²) in [6.45, 7) is 0. The molecule has 5 nitrogen and oxygen atoms in total. The highest BCUT2D eigenvalue weighted by molar-refractivity contribution is 7.99. The first-order chi connectivity index (χ1) is 11.5. The van der Waals surface area contributed by atoms with E-state index in [0.29, 0.717) is 10.5 Å². The SMILES string of the molecule is FC(F)(F)c1nnc2c(Sc3ccccc3)nc3cccnc3n12. The van der Waals surface area contributed by atoms with Crippen LogP contribution in [-0.4, -0.2) is 24.6 Å². The van der Waals surface area contributed by atoms with Gasteiger partial charge in [0.15, 0.2) is 11.3 Å². The number of rotatable bonds is 2. The summed E-state index contributed by atoms with van der Waals surface area (Å²) < 4.78 is 40.7. The molecule has 0 radical (unpaired) electrons. The Kier molecular flexibility index (Phi) is 3.38. The maximum Gasteiger partial charge on any atom is 0.452 e. The van der Waals surface area contributed by atoms with Gasteiger partial charge < -0.3 is 0 Å². The molecule has 0 atom stereocenters. The fraction of sp³-hybridized carbons (Fsp3) is 0.0667. The zero-order valence-corrected chi connectivity index (χ0v) is 12.7. The van der Waals surface area contributed by atoms with Crippen LogP contribution in [0.1, 0.15) is 5.82 Å². The van der Waals surface area contributed by atoms with E-state index < -0.39 is 12.0 Å². The van der Waals surface area contributed by atoms with Gasteiger partial charge in [-0.05, 0) is 24.3 Å². The molecule has 24 heavy (non-hydrogen) atoms. The molecule has 0 unspecified atom stereocenters. The van der Waals surface area contributed by atoms with Gasteiger partial charge >= 0.3 is 6.18 Å². The number of nitrogens with zero attached hydrogens (tertiary/aromatic N) is 5. The first-order valence-electron chi connectivity index (χ1n) is 6.84. The average molecular weight is 347 g/mol. The molecule has 3 heterocycles. The number of aromatic nitrogens is 5. The van der Waals surface area contributed by atoms with E-state index in [1.165, 1.54) is 18.0 Å². The summed E-state index contributed by atoms with van der Waals surface area (Å²) in [5, 5.41) is 7.35. The van der Waals surface area contributed by atoms with Gasteiger partial charge in [-0.25, -0.2) is 9.97 Å². The van der Waals surface area contributed by atoms with Crippen LogP contribution < -0.4 is 0 Å². The molecule has 0 fully saturated rings. The summed E-state index contributed by atoms with van der Waals surface area (Å²) in [7, 11) is 0. The molecule has 3 aromatic heterocycles. The van der Waals surface area contributed by atoms with E-state index in [4.69, 9.17) is 0 Å². The smallest absolute Gasteiger partial charge is 0.251 e. The summed E-state index contributed by atoms with van der Waals surface area (Å²) in [6.07, 6.45) is -3.23. The Bertz CT molecular complexity index is 1030. The minimum Gasteiger partial charge on any atom is -0.251 e. The minimum atomic E-state index is -4.64. The molecule has 0 amide bonds. The average Bonchev–Trinajstić information content (AvgIpc) is 3.02. The van der Waals surface area contributed by atoms with Crippen molar-refractivity contribution in [1.82, 2.24) is 24.6 Å². The van der Waals surface area contributed by atoms with Crippen LogP contribution in [0, 0.1) is 0 Å². The monoisotopic (exact) mass is 347 g/mol. The van der Waals surface area contributed by atoms with Crippen LogP contribution in [-0.2, 0) is 6.18 Å². The fourth-order valence-corrected chi connectivity index (χ4v) is 3.17. The third-order valence-corrected chi connectivity index (χ3v) is 4.24. The van der Waals surface area contributed by atoms with Crippen molar-refractivity contribution < 1.29 is 13.2 Å². The normalized spacial score (nSPS) is 12.1. The molecule has 4 aromatic rings. The molecule has 1 aromatic carbocycles. The Morgan fingerprint density at radius 1 is 0.917 bits per heavy atom. The van der Waals surface area contributed by atoms with E-state index in [1.54, 1.807) is 12.1 Å². The van der Waals surface area contributed by atoms with Crippen LogP contribution in [0.5, 0.6) is 0 Å². The molecule has 0 saturated heterocycles. The topological polar surface area (TPSA) is 56.0 Å². The van der Waals surface area contributed by atoms with E-state index >= 15 is 0 Å². The molecule has 120 valence electrons. The number of alkyl halides is 3. The molecular weight excluding hydrogens is 339 g/mol. The second-order valence-electron chi connectivity index (χ2n) is 4.86. The molecular formula is C15H8F3N5S. The number of hydrogen-bond donors (Lipinski definition) is 0. The molecule has 0 bridgehead atoms. The Hall–Kier alpha value is -2.68. The lowest BCUT2D eigenvalue weighted by atomic mass is 10.4. The Labute approximate surface area is 137 Å². The zero-order chi connectivity index (χ0) is 16.7. The van der Waals surface area contributed by atoms with Crippen molar-refractivity contribution in [3.05, 3.63) is 54.5 Å². The molecule has 0 aliphatic carbocycles. The summed E-state index contributed by atoms with van der Waals surface area (Å²) in [5.74, 6) is -1.11. The molecule has 0 saturated carbocycles. The maximum absolute atomic E-state index is 13.3. The number of benzene rings is 1. The summed E-state index contributed by atoms with van der Waals surface area (Å²) >= 11 is 1.23. The molecule has 0 aliphatic rings. The Morgan fingerprint density at radius 2 is 1.71 bits per heavy atom.